The maximum Gasteiger partial charge on any atom is 0.224 e. The first kappa shape index (κ1) is 18.5. The molecular formula is C22H28N2O2. The summed E-state index contributed by atoms with van der Waals surface area (Å²) in [6, 6.07) is 14.6. The second-order valence-corrected chi connectivity index (χ2v) is 6.98. The van der Waals surface area contributed by atoms with E-state index >= 15 is 0 Å². The molecule has 4 heteroatoms. The number of amides is 1. The van der Waals surface area contributed by atoms with Gasteiger partial charge in [-0.1, -0.05) is 36.4 Å². The van der Waals surface area contributed by atoms with E-state index in [2.05, 4.69) is 34.5 Å². The van der Waals surface area contributed by atoms with E-state index in [4.69, 9.17) is 4.74 Å². The molecule has 1 heterocycles. The van der Waals surface area contributed by atoms with Crippen LogP contribution in [0.15, 0.2) is 42.5 Å². The number of methoxy groups -OCH3 is 1. The molecule has 1 aliphatic heterocycles. The Morgan fingerprint density at radius 2 is 2.00 bits per heavy atom. The summed E-state index contributed by atoms with van der Waals surface area (Å²) in [5.74, 6) is 0.941. The number of fused-ring (bicyclic) bond motifs is 1. The molecule has 0 saturated carbocycles. The lowest BCUT2D eigenvalue weighted by molar-refractivity contribution is -0.120. The van der Waals surface area contributed by atoms with E-state index in [0.29, 0.717) is 6.42 Å². The molecule has 1 amide bonds. The Hall–Kier alpha value is -2.33. The average molecular weight is 352 g/mol. The Balaban J connectivity index is 1.37. The molecule has 0 spiro atoms. The van der Waals surface area contributed by atoms with Gasteiger partial charge in [0.25, 0.3) is 0 Å². The van der Waals surface area contributed by atoms with Crippen molar-refractivity contribution in [2.75, 3.05) is 26.7 Å². The van der Waals surface area contributed by atoms with Crippen molar-refractivity contribution >= 4 is 5.91 Å². The average Bonchev–Trinajstić information content (AvgIpc) is 2.65. The highest BCUT2D eigenvalue weighted by Gasteiger charge is 2.15. The van der Waals surface area contributed by atoms with Gasteiger partial charge in [-0.05, 0) is 48.1 Å². The fraction of sp³-hybridized carbons (Fsp3) is 0.409. The second-order valence-electron chi connectivity index (χ2n) is 6.98. The lowest BCUT2D eigenvalue weighted by Gasteiger charge is -2.28. The summed E-state index contributed by atoms with van der Waals surface area (Å²) in [6.45, 7) is 5.88. The molecule has 0 saturated heterocycles. The third-order valence-electron chi connectivity index (χ3n) is 5.01. The fourth-order valence-electron chi connectivity index (χ4n) is 3.57. The van der Waals surface area contributed by atoms with Gasteiger partial charge in [0.1, 0.15) is 5.75 Å². The van der Waals surface area contributed by atoms with Gasteiger partial charge in [-0.2, -0.15) is 0 Å². The number of carbonyl (C=O) groups is 1. The lowest BCUT2D eigenvalue weighted by atomic mass is 10.00. The van der Waals surface area contributed by atoms with Gasteiger partial charge < -0.3 is 10.1 Å². The van der Waals surface area contributed by atoms with E-state index in [9.17, 15) is 4.79 Å². The molecule has 26 heavy (non-hydrogen) atoms. The van der Waals surface area contributed by atoms with Crippen LogP contribution in [-0.2, 0) is 24.2 Å². The number of hydrogen-bond donors (Lipinski definition) is 1. The zero-order chi connectivity index (χ0) is 18.4. The summed E-state index contributed by atoms with van der Waals surface area (Å²) in [4.78, 5) is 14.6. The van der Waals surface area contributed by atoms with Crippen molar-refractivity contribution in [3.63, 3.8) is 0 Å². The van der Waals surface area contributed by atoms with E-state index in [1.807, 2.05) is 25.1 Å². The Morgan fingerprint density at radius 1 is 1.19 bits per heavy atom. The molecule has 2 aromatic carbocycles. The second kappa shape index (κ2) is 8.86. The van der Waals surface area contributed by atoms with Gasteiger partial charge in [-0.15, -0.1) is 0 Å². The maximum absolute atomic E-state index is 12.1. The SMILES string of the molecule is COc1ccc(CC(=O)NCCCN2CCc3ccccc3C2)cc1C. The van der Waals surface area contributed by atoms with Crippen LogP contribution >= 0.6 is 0 Å². The number of nitrogens with one attached hydrogen (secondary N) is 1. The molecular weight excluding hydrogens is 324 g/mol. The third-order valence-corrected chi connectivity index (χ3v) is 5.01. The van der Waals surface area contributed by atoms with Crippen molar-refractivity contribution in [3.8, 4) is 5.75 Å². The Morgan fingerprint density at radius 3 is 2.77 bits per heavy atom. The van der Waals surface area contributed by atoms with Gasteiger partial charge in [0.2, 0.25) is 5.91 Å². The zero-order valence-electron chi connectivity index (χ0n) is 15.8. The number of ether oxygens (including phenoxy) is 1. The molecule has 0 radical (unpaired) electrons. The largest absolute Gasteiger partial charge is 0.496 e. The highest BCUT2D eigenvalue weighted by Crippen LogP contribution is 2.19. The zero-order valence-corrected chi connectivity index (χ0v) is 15.8. The smallest absolute Gasteiger partial charge is 0.224 e. The molecule has 0 aliphatic carbocycles. The standard InChI is InChI=1S/C22H28N2O2/c1-17-14-18(8-9-21(17)26-2)15-22(25)23-11-5-12-24-13-10-19-6-3-4-7-20(19)16-24/h3-4,6-9,14H,5,10-13,15-16H2,1-2H3,(H,23,25). The van der Waals surface area contributed by atoms with Crippen LogP contribution in [0, 0.1) is 6.92 Å². The van der Waals surface area contributed by atoms with Crippen LogP contribution in [0.4, 0.5) is 0 Å². The van der Waals surface area contributed by atoms with Gasteiger partial charge in [0.15, 0.2) is 0 Å². The molecule has 0 atom stereocenters. The van der Waals surface area contributed by atoms with E-state index in [-0.39, 0.29) is 5.91 Å². The third kappa shape index (κ3) is 4.85. The first-order valence-electron chi connectivity index (χ1n) is 9.35. The minimum atomic E-state index is 0.0820. The van der Waals surface area contributed by atoms with Crippen LogP contribution in [0.2, 0.25) is 0 Å². The molecule has 1 N–H and O–H groups in total. The van der Waals surface area contributed by atoms with Gasteiger partial charge in [0, 0.05) is 26.2 Å². The molecule has 138 valence electrons. The molecule has 0 aromatic heterocycles. The summed E-state index contributed by atoms with van der Waals surface area (Å²) < 4.78 is 5.26. The molecule has 2 aromatic rings. The van der Waals surface area contributed by atoms with Crippen LogP contribution in [0.5, 0.6) is 5.75 Å². The number of hydrogen-bond acceptors (Lipinski definition) is 3. The van der Waals surface area contributed by atoms with Crippen LogP contribution in [0.25, 0.3) is 0 Å². The van der Waals surface area contributed by atoms with Crippen molar-refractivity contribution in [2.24, 2.45) is 0 Å². The molecule has 0 unspecified atom stereocenters. The van der Waals surface area contributed by atoms with Crippen molar-refractivity contribution < 1.29 is 9.53 Å². The van der Waals surface area contributed by atoms with E-state index in [1.165, 1.54) is 11.1 Å². The number of benzene rings is 2. The van der Waals surface area contributed by atoms with E-state index in [0.717, 1.165) is 55.9 Å². The Kier molecular flexibility index (Phi) is 6.29. The minimum Gasteiger partial charge on any atom is -0.496 e. The Labute approximate surface area is 156 Å². The molecule has 1 aliphatic rings. The van der Waals surface area contributed by atoms with Crippen LogP contribution in [0.3, 0.4) is 0 Å². The number of aryl methyl sites for hydroxylation is 1. The topological polar surface area (TPSA) is 41.6 Å². The Bertz CT molecular complexity index is 758. The van der Waals surface area contributed by atoms with Crippen LogP contribution < -0.4 is 10.1 Å². The summed E-state index contributed by atoms with van der Waals surface area (Å²) in [7, 11) is 1.66. The molecule has 4 nitrogen and oxygen atoms in total. The van der Waals surface area contributed by atoms with Gasteiger partial charge >= 0.3 is 0 Å². The van der Waals surface area contributed by atoms with Crippen molar-refractivity contribution in [3.05, 3.63) is 64.7 Å². The van der Waals surface area contributed by atoms with Gasteiger partial charge in [0.05, 0.1) is 13.5 Å². The molecule has 3 rings (SSSR count). The predicted molar refractivity (Wildman–Crippen MR) is 104 cm³/mol. The first-order chi connectivity index (χ1) is 12.7. The van der Waals surface area contributed by atoms with E-state index < -0.39 is 0 Å². The summed E-state index contributed by atoms with van der Waals surface area (Å²) in [5.41, 5.74) is 5.00. The quantitative estimate of drug-likeness (QED) is 0.779. The first-order valence-corrected chi connectivity index (χ1v) is 9.35. The van der Waals surface area contributed by atoms with Crippen molar-refractivity contribution in [2.45, 2.75) is 32.7 Å². The molecule has 0 bridgehead atoms. The van der Waals surface area contributed by atoms with Crippen molar-refractivity contribution in [1.82, 2.24) is 10.2 Å². The normalized spacial score (nSPS) is 13.9. The maximum atomic E-state index is 12.1. The number of nitrogens with zero attached hydrogens (tertiary/aromatic N) is 1. The van der Waals surface area contributed by atoms with E-state index in [1.54, 1.807) is 7.11 Å². The van der Waals surface area contributed by atoms with Crippen LogP contribution in [0.1, 0.15) is 28.7 Å². The van der Waals surface area contributed by atoms with Crippen molar-refractivity contribution in [1.29, 1.82) is 0 Å². The summed E-state index contributed by atoms with van der Waals surface area (Å²) in [5, 5.41) is 3.04. The van der Waals surface area contributed by atoms with Crippen LogP contribution in [-0.4, -0.2) is 37.6 Å². The highest BCUT2D eigenvalue weighted by atomic mass is 16.5. The predicted octanol–water partition coefficient (Wildman–Crippen LogP) is 3.11. The van der Waals surface area contributed by atoms with Gasteiger partial charge in [-0.25, -0.2) is 0 Å². The number of carbonyl (C=O) groups excluding carboxylic acids is 1. The van der Waals surface area contributed by atoms with Gasteiger partial charge in [-0.3, -0.25) is 9.69 Å². The highest BCUT2D eigenvalue weighted by molar-refractivity contribution is 5.78. The number of rotatable bonds is 7. The monoisotopic (exact) mass is 352 g/mol. The lowest BCUT2D eigenvalue weighted by Crippen LogP contribution is -2.34. The minimum absolute atomic E-state index is 0.0820. The molecule has 0 fully saturated rings. The summed E-state index contributed by atoms with van der Waals surface area (Å²) >= 11 is 0. The fourth-order valence-corrected chi connectivity index (χ4v) is 3.57. The summed E-state index contributed by atoms with van der Waals surface area (Å²) in [6.07, 6.45) is 2.52.